The van der Waals surface area contributed by atoms with E-state index < -0.39 is 17.6 Å². The van der Waals surface area contributed by atoms with Gasteiger partial charge in [-0.3, -0.25) is 0 Å². The molecule has 0 radical (unpaired) electrons. The van der Waals surface area contributed by atoms with Crippen LogP contribution in [-0.4, -0.2) is 17.6 Å². The summed E-state index contributed by atoms with van der Waals surface area (Å²) < 4.78 is 29.8. The van der Waals surface area contributed by atoms with Crippen molar-refractivity contribution in [2.75, 3.05) is 0 Å². The van der Waals surface area contributed by atoms with Crippen LogP contribution in [0.2, 0.25) is 0 Å². The van der Waals surface area contributed by atoms with Gasteiger partial charge in [-0.05, 0) is 20.3 Å². The number of rotatable bonds is 3. The average Bonchev–Trinajstić information content (AvgIpc) is 2.39. The molecule has 66 valence electrons. The summed E-state index contributed by atoms with van der Waals surface area (Å²) >= 11 is 0. The van der Waals surface area contributed by atoms with Crippen molar-refractivity contribution >= 4 is 0 Å². The molecule has 1 saturated carbocycles. The minimum absolute atomic E-state index is 0.101. The van der Waals surface area contributed by atoms with E-state index >= 15 is 0 Å². The zero-order valence-corrected chi connectivity index (χ0v) is 7.16. The van der Waals surface area contributed by atoms with Gasteiger partial charge in [0.1, 0.15) is 6.10 Å². The van der Waals surface area contributed by atoms with Crippen LogP contribution in [0.3, 0.4) is 0 Å². The van der Waals surface area contributed by atoms with Crippen molar-refractivity contribution in [3.05, 3.63) is 0 Å². The summed E-state index contributed by atoms with van der Waals surface area (Å²) in [6.45, 7) is 5.60. The standard InChI is InChI=1S/C8H14F2O/c1-4-7(2,3)11-6-5-8(6,9)10/h6H,4-5H2,1-3H3. The SMILES string of the molecule is CCC(C)(C)OC1CC1(F)F. The monoisotopic (exact) mass is 164 g/mol. The van der Waals surface area contributed by atoms with Gasteiger partial charge in [0.2, 0.25) is 0 Å². The molecule has 11 heavy (non-hydrogen) atoms. The Morgan fingerprint density at radius 3 is 2.27 bits per heavy atom. The Kier molecular flexibility index (Phi) is 1.95. The molecule has 0 aromatic heterocycles. The molecular weight excluding hydrogens is 150 g/mol. The topological polar surface area (TPSA) is 9.23 Å². The molecular formula is C8H14F2O. The molecule has 1 unspecified atom stereocenters. The van der Waals surface area contributed by atoms with Crippen LogP contribution in [0.1, 0.15) is 33.6 Å². The number of alkyl halides is 2. The van der Waals surface area contributed by atoms with Crippen LogP contribution in [-0.2, 0) is 4.74 Å². The Balaban J connectivity index is 2.34. The van der Waals surface area contributed by atoms with Crippen molar-refractivity contribution in [1.82, 2.24) is 0 Å². The van der Waals surface area contributed by atoms with E-state index in [-0.39, 0.29) is 6.42 Å². The van der Waals surface area contributed by atoms with Gasteiger partial charge in [-0.2, -0.15) is 0 Å². The maximum absolute atomic E-state index is 12.3. The molecule has 1 fully saturated rings. The van der Waals surface area contributed by atoms with E-state index in [9.17, 15) is 8.78 Å². The molecule has 1 nitrogen and oxygen atoms in total. The summed E-state index contributed by atoms with van der Waals surface area (Å²) in [6, 6.07) is 0. The molecule has 0 amide bonds. The lowest BCUT2D eigenvalue weighted by atomic mass is 10.1. The number of hydrogen-bond donors (Lipinski definition) is 0. The Labute approximate surface area is 65.7 Å². The quantitative estimate of drug-likeness (QED) is 0.623. The van der Waals surface area contributed by atoms with Gasteiger partial charge in [-0.15, -0.1) is 0 Å². The van der Waals surface area contributed by atoms with Crippen LogP contribution in [0.5, 0.6) is 0 Å². The predicted octanol–water partition coefficient (Wildman–Crippen LogP) is 2.60. The minimum Gasteiger partial charge on any atom is -0.366 e. The fraction of sp³-hybridized carbons (Fsp3) is 1.00. The lowest BCUT2D eigenvalue weighted by molar-refractivity contribution is -0.0745. The van der Waals surface area contributed by atoms with Crippen molar-refractivity contribution in [1.29, 1.82) is 0 Å². The molecule has 0 N–H and O–H groups in total. The average molecular weight is 164 g/mol. The summed E-state index contributed by atoms with van der Waals surface area (Å²) in [7, 11) is 0. The minimum atomic E-state index is -2.55. The van der Waals surface area contributed by atoms with Gasteiger partial charge >= 0.3 is 0 Å². The van der Waals surface area contributed by atoms with Crippen LogP contribution in [0.4, 0.5) is 8.78 Å². The maximum atomic E-state index is 12.3. The van der Waals surface area contributed by atoms with Gasteiger partial charge < -0.3 is 4.74 Å². The third-order valence-corrected chi connectivity index (χ3v) is 2.08. The van der Waals surface area contributed by atoms with Crippen molar-refractivity contribution in [2.45, 2.75) is 51.2 Å². The number of ether oxygens (including phenoxy) is 1. The molecule has 0 heterocycles. The summed E-state index contributed by atoms with van der Waals surface area (Å²) in [5.74, 6) is -2.55. The molecule has 0 aromatic rings. The van der Waals surface area contributed by atoms with Crippen LogP contribution >= 0.6 is 0 Å². The highest BCUT2D eigenvalue weighted by Crippen LogP contribution is 2.46. The zero-order chi connectivity index (χ0) is 8.70. The van der Waals surface area contributed by atoms with E-state index in [2.05, 4.69) is 0 Å². The molecule has 1 rings (SSSR count). The van der Waals surface area contributed by atoms with E-state index in [1.54, 1.807) is 0 Å². The second kappa shape index (κ2) is 2.41. The summed E-state index contributed by atoms with van der Waals surface area (Å²) in [5, 5.41) is 0. The molecule has 1 aliphatic carbocycles. The number of hydrogen-bond acceptors (Lipinski definition) is 1. The first-order valence-electron chi connectivity index (χ1n) is 3.93. The second-order valence-corrected chi connectivity index (χ2v) is 3.68. The second-order valence-electron chi connectivity index (χ2n) is 3.68. The van der Waals surface area contributed by atoms with Gasteiger partial charge in [0, 0.05) is 6.42 Å². The van der Waals surface area contributed by atoms with Crippen molar-refractivity contribution < 1.29 is 13.5 Å². The van der Waals surface area contributed by atoms with Crippen LogP contribution in [0.15, 0.2) is 0 Å². The highest BCUT2D eigenvalue weighted by Gasteiger charge is 2.59. The van der Waals surface area contributed by atoms with Gasteiger partial charge in [0.25, 0.3) is 5.92 Å². The molecule has 0 bridgehead atoms. The Bertz CT molecular complexity index is 154. The van der Waals surface area contributed by atoms with Gasteiger partial charge in [0.05, 0.1) is 5.60 Å². The van der Waals surface area contributed by atoms with E-state index in [4.69, 9.17) is 4.74 Å². The van der Waals surface area contributed by atoms with E-state index in [1.807, 2.05) is 20.8 Å². The van der Waals surface area contributed by atoms with E-state index in [0.717, 1.165) is 6.42 Å². The highest BCUT2D eigenvalue weighted by atomic mass is 19.3. The van der Waals surface area contributed by atoms with Crippen LogP contribution < -0.4 is 0 Å². The van der Waals surface area contributed by atoms with Gasteiger partial charge in [-0.25, -0.2) is 8.78 Å². The first-order chi connectivity index (χ1) is 4.87. The molecule has 0 saturated heterocycles. The predicted molar refractivity (Wildman–Crippen MR) is 38.8 cm³/mol. The van der Waals surface area contributed by atoms with E-state index in [0.29, 0.717) is 0 Å². The van der Waals surface area contributed by atoms with E-state index in [1.165, 1.54) is 0 Å². The largest absolute Gasteiger partial charge is 0.366 e. The van der Waals surface area contributed by atoms with Gasteiger partial charge in [-0.1, -0.05) is 6.92 Å². The third kappa shape index (κ3) is 2.12. The molecule has 0 spiro atoms. The normalized spacial score (nSPS) is 28.6. The lowest BCUT2D eigenvalue weighted by Gasteiger charge is -2.23. The van der Waals surface area contributed by atoms with Crippen LogP contribution in [0.25, 0.3) is 0 Å². The summed E-state index contributed by atoms with van der Waals surface area (Å²) in [5.41, 5.74) is -0.398. The third-order valence-electron chi connectivity index (χ3n) is 2.08. The van der Waals surface area contributed by atoms with Crippen molar-refractivity contribution in [3.63, 3.8) is 0 Å². The molecule has 0 aliphatic heterocycles. The lowest BCUT2D eigenvalue weighted by Crippen LogP contribution is -2.26. The van der Waals surface area contributed by atoms with Crippen LogP contribution in [0, 0.1) is 0 Å². The molecule has 1 aliphatic rings. The first-order valence-corrected chi connectivity index (χ1v) is 3.93. The Hall–Kier alpha value is -0.180. The summed E-state index contributed by atoms with van der Waals surface area (Å²) in [4.78, 5) is 0. The highest BCUT2D eigenvalue weighted by molar-refractivity contribution is 4.98. The van der Waals surface area contributed by atoms with Crippen molar-refractivity contribution in [2.24, 2.45) is 0 Å². The molecule has 1 atom stereocenters. The fourth-order valence-electron chi connectivity index (χ4n) is 0.785. The first kappa shape index (κ1) is 8.91. The molecule has 3 heteroatoms. The maximum Gasteiger partial charge on any atom is 0.276 e. The number of halogens is 2. The smallest absolute Gasteiger partial charge is 0.276 e. The Morgan fingerprint density at radius 1 is 1.55 bits per heavy atom. The Morgan fingerprint density at radius 2 is 2.00 bits per heavy atom. The molecule has 0 aromatic carbocycles. The zero-order valence-electron chi connectivity index (χ0n) is 7.16. The van der Waals surface area contributed by atoms with Crippen molar-refractivity contribution in [3.8, 4) is 0 Å². The van der Waals surface area contributed by atoms with Gasteiger partial charge in [0.15, 0.2) is 0 Å². The fourth-order valence-corrected chi connectivity index (χ4v) is 0.785. The summed E-state index contributed by atoms with van der Waals surface area (Å²) in [6.07, 6.45) is -0.159.